The standard InChI is InChI=1S/C18H15F3NO4P/c1-2-26-27(25)14-9-4-3-8-13(14)15(23)16(27)17(24)22-12-7-5-6-11(10-12)18(19,20)21/h3-10,23H,2H2,1H3,(H,22,24). The number of amides is 1. The Bertz CT molecular complexity index is 985. The molecule has 1 atom stereocenters. The molecule has 3 rings (SSSR count). The molecule has 0 spiro atoms. The highest BCUT2D eigenvalue weighted by atomic mass is 31.2. The van der Waals surface area contributed by atoms with E-state index < -0.39 is 36.1 Å². The third-order valence-corrected chi connectivity index (χ3v) is 6.62. The maximum absolute atomic E-state index is 13.4. The summed E-state index contributed by atoms with van der Waals surface area (Å²) in [6.45, 7) is 1.60. The maximum atomic E-state index is 13.4. The fraction of sp³-hybridized carbons (Fsp3) is 0.167. The first-order valence-corrected chi connectivity index (χ1v) is 9.58. The Kier molecular flexibility index (Phi) is 4.88. The van der Waals surface area contributed by atoms with Gasteiger partial charge in [0, 0.05) is 11.3 Å². The van der Waals surface area contributed by atoms with Crippen molar-refractivity contribution in [3.05, 3.63) is 65.0 Å². The zero-order chi connectivity index (χ0) is 19.8. The summed E-state index contributed by atoms with van der Waals surface area (Å²) in [5.41, 5.74) is -0.890. The summed E-state index contributed by atoms with van der Waals surface area (Å²) < 4.78 is 57.2. The predicted octanol–water partition coefficient (Wildman–Crippen LogP) is 4.52. The summed E-state index contributed by atoms with van der Waals surface area (Å²) in [5, 5.41) is 12.4. The number of alkyl halides is 3. The van der Waals surface area contributed by atoms with E-state index in [1.165, 1.54) is 18.2 Å². The second kappa shape index (κ2) is 6.87. The highest BCUT2D eigenvalue weighted by molar-refractivity contribution is 7.73. The minimum Gasteiger partial charge on any atom is -0.506 e. The van der Waals surface area contributed by atoms with Crippen molar-refractivity contribution in [2.75, 3.05) is 11.9 Å². The van der Waals surface area contributed by atoms with Crippen LogP contribution < -0.4 is 10.6 Å². The van der Waals surface area contributed by atoms with E-state index in [-0.39, 0.29) is 23.2 Å². The fourth-order valence-corrected chi connectivity index (χ4v) is 5.21. The molecule has 2 N–H and O–H groups in total. The molecule has 9 heteroatoms. The normalized spacial score (nSPS) is 19.1. The van der Waals surface area contributed by atoms with Gasteiger partial charge in [0.1, 0.15) is 11.1 Å². The zero-order valence-corrected chi connectivity index (χ0v) is 15.0. The number of hydrogen-bond donors (Lipinski definition) is 2. The lowest BCUT2D eigenvalue weighted by atomic mass is 10.1. The molecule has 5 nitrogen and oxygen atoms in total. The molecule has 0 saturated heterocycles. The van der Waals surface area contributed by atoms with Crippen molar-refractivity contribution in [3.63, 3.8) is 0 Å². The van der Waals surface area contributed by atoms with Gasteiger partial charge in [-0.05, 0) is 31.2 Å². The molecule has 0 aliphatic carbocycles. The Labute approximate surface area is 152 Å². The molecule has 2 aromatic carbocycles. The number of aliphatic hydroxyl groups is 1. The SMILES string of the molecule is CCOP1(=O)C(C(=O)Nc2cccc(C(F)(F)F)c2)=C(O)c2ccccc21. The van der Waals surface area contributed by atoms with Crippen molar-refractivity contribution >= 4 is 30.0 Å². The third-order valence-electron chi connectivity index (χ3n) is 3.97. The van der Waals surface area contributed by atoms with Crippen LogP contribution in [0.3, 0.4) is 0 Å². The lowest BCUT2D eigenvalue weighted by Gasteiger charge is -2.17. The van der Waals surface area contributed by atoms with E-state index in [1.54, 1.807) is 19.1 Å². The first-order valence-electron chi connectivity index (χ1n) is 7.95. The van der Waals surface area contributed by atoms with E-state index >= 15 is 0 Å². The van der Waals surface area contributed by atoms with Crippen molar-refractivity contribution in [2.24, 2.45) is 0 Å². The first kappa shape index (κ1) is 19.2. The van der Waals surface area contributed by atoms with Gasteiger partial charge in [-0.1, -0.05) is 24.3 Å². The molecule has 0 radical (unpaired) electrons. The molecule has 142 valence electrons. The lowest BCUT2D eigenvalue weighted by Crippen LogP contribution is -2.18. The molecule has 0 bridgehead atoms. The summed E-state index contributed by atoms with van der Waals surface area (Å²) >= 11 is 0. The van der Waals surface area contributed by atoms with E-state index in [1.807, 2.05) is 0 Å². The number of anilines is 1. The average Bonchev–Trinajstić information content (AvgIpc) is 2.83. The van der Waals surface area contributed by atoms with E-state index in [0.717, 1.165) is 18.2 Å². The Hall–Kier alpha value is -2.57. The third kappa shape index (κ3) is 3.38. The fourth-order valence-electron chi connectivity index (χ4n) is 2.84. The Balaban J connectivity index is 1.99. The number of carbonyl (C=O) groups is 1. The van der Waals surface area contributed by atoms with Gasteiger partial charge >= 0.3 is 6.18 Å². The van der Waals surface area contributed by atoms with Gasteiger partial charge in [-0.15, -0.1) is 0 Å². The first-order chi connectivity index (χ1) is 12.7. The number of halogens is 3. The second-order valence-corrected chi connectivity index (χ2v) is 8.01. The largest absolute Gasteiger partial charge is 0.506 e. The monoisotopic (exact) mass is 397 g/mol. The molecule has 1 heterocycles. The Morgan fingerprint density at radius 3 is 2.56 bits per heavy atom. The van der Waals surface area contributed by atoms with Crippen LogP contribution in [0, 0.1) is 0 Å². The van der Waals surface area contributed by atoms with Gasteiger partial charge in [-0.2, -0.15) is 13.2 Å². The van der Waals surface area contributed by atoms with E-state index in [0.29, 0.717) is 0 Å². The molecule has 1 amide bonds. The molecule has 1 unspecified atom stereocenters. The van der Waals surface area contributed by atoms with E-state index in [4.69, 9.17) is 4.52 Å². The molecule has 2 aromatic rings. The minimum absolute atomic E-state index is 0.0131. The quantitative estimate of drug-likeness (QED) is 0.744. The minimum atomic E-state index is -4.58. The van der Waals surface area contributed by atoms with Gasteiger partial charge < -0.3 is 14.9 Å². The molecule has 0 fully saturated rings. The molecule has 0 aromatic heterocycles. The molecule has 0 saturated carbocycles. The summed E-state index contributed by atoms with van der Waals surface area (Å²) in [6, 6.07) is 10.2. The molecular weight excluding hydrogens is 382 g/mol. The maximum Gasteiger partial charge on any atom is 0.416 e. The van der Waals surface area contributed by atoms with Crippen molar-refractivity contribution in [1.29, 1.82) is 0 Å². The number of nitrogens with one attached hydrogen (secondary N) is 1. The van der Waals surface area contributed by atoms with Gasteiger partial charge in [0.05, 0.1) is 17.5 Å². The molecule has 1 aliphatic heterocycles. The highest BCUT2D eigenvalue weighted by Gasteiger charge is 2.46. The van der Waals surface area contributed by atoms with Crippen LogP contribution in [0.15, 0.2) is 53.8 Å². The van der Waals surface area contributed by atoms with Crippen LogP contribution in [0.1, 0.15) is 18.1 Å². The van der Waals surface area contributed by atoms with Gasteiger partial charge in [-0.25, -0.2) is 0 Å². The van der Waals surface area contributed by atoms with Crippen molar-refractivity contribution in [1.82, 2.24) is 0 Å². The van der Waals surface area contributed by atoms with Crippen LogP contribution in [-0.4, -0.2) is 17.6 Å². The highest BCUT2D eigenvalue weighted by Crippen LogP contribution is 2.61. The van der Waals surface area contributed by atoms with E-state index in [9.17, 15) is 27.6 Å². The van der Waals surface area contributed by atoms with Crippen molar-refractivity contribution < 1.29 is 32.2 Å². The van der Waals surface area contributed by atoms with Gasteiger partial charge in [-0.3, -0.25) is 9.36 Å². The summed E-state index contributed by atoms with van der Waals surface area (Å²) in [5.74, 6) is -1.49. The van der Waals surface area contributed by atoms with Crippen LogP contribution >= 0.6 is 7.37 Å². The number of carbonyl (C=O) groups excluding carboxylic acids is 1. The van der Waals surface area contributed by atoms with Crippen LogP contribution in [-0.2, 0) is 20.1 Å². The summed E-state index contributed by atoms with van der Waals surface area (Å²) in [6.07, 6.45) is -4.58. The number of benzene rings is 2. The van der Waals surface area contributed by atoms with Crippen LogP contribution in [0.25, 0.3) is 5.76 Å². The summed E-state index contributed by atoms with van der Waals surface area (Å²) in [7, 11) is -3.87. The Morgan fingerprint density at radius 2 is 1.89 bits per heavy atom. The van der Waals surface area contributed by atoms with Crippen LogP contribution in [0.4, 0.5) is 18.9 Å². The average molecular weight is 397 g/mol. The second-order valence-electron chi connectivity index (χ2n) is 5.72. The topological polar surface area (TPSA) is 75.6 Å². The number of hydrogen-bond acceptors (Lipinski definition) is 4. The number of fused-ring (bicyclic) bond motifs is 1. The van der Waals surface area contributed by atoms with Crippen molar-refractivity contribution in [3.8, 4) is 0 Å². The van der Waals surface area contributed by atoms with Gasteiger partial charge in [0.2, 0.25) is 0 Å². The van der Waals surface area contributed by atoms with Gasteiger partial charge in [0.25, 0.3) is 13.3 Å². The number of aliphatic hydroxyl groups excluding tert-OH is 1. The van der Waals surface area contributed by atoms with Crippen LogP contribution in [0.2, 0.25) is 0 Å². The number of rotatable bonds is 4. The lowest BCUT2D eigenvalue weighted by molar-refractivity contribution is -0.137. The Morgan fingerprint density at radius 1 is 1.19 bits per heavy atom. The smallest absolute Gasteiger partial charge is 0.416 e. The molecular formula is C18H15F3NO4P. The van der Waals surface area contributed by atoms with E-state index in [2.05, 4.69) is 5.32 Å². The summed E-state index contributed by atoms with van der Waals surface area (Å²) in [4.78, 5) is 12.7. The molecule has 1 aliphatic rings. The van der Waals surface area contributed by atoms with Crippen LogP contribution in [0.5, 0.6) is 0 Å². The van der Waals surface area contributed by atoms with Crippen molar-refractivity contribution in [2.45, 2.75) is 13.1 Å². The predicted molar refractivity (Wildman–Crippen MR) is 94.9 cm³/mol. The molecule has 27 heavy (non-hydrogen) atoms. The zero-order valence-electron chi connectivity index (χ0n) is 14.1. The van der Waals surface area contributed by atoms with Gasteiger partial charge in [0.15, 0.2) is 0 Å².